The van der Waals surface area contributed by atoms with Gasteiger partial charge in [-0.25, -0.2) is 0 Å². The molecule has 1 saturated heterocycles. The Hall–Kier alpha value is -3.83. The SMILES string of the molecule is C[C@@H](c1ccccc1)N1CC/C(=C\C(=O)c2ccccc2)C[C@@H]1[C@@H](COCc1ccccc1)OCc1ccccc1. The first-order valence-corrected chi connectivity index (χ1v) is 14.5. The molecule has 0 unspecified atom stereocenters. The van der Waals surface area contributed by atoms with Gasteiger partial charge in [-0.2, -0.15) is 0 Å². The lowest BCUT2D eigenvalue weighted by Crippen LogP contribution is -2.50. The van der Waals surface area contributed by atoms with Crippen molar-refractivity contribution in [3.8, 4) is 0 Å². The molecule has 1 aliphatic heterocycles. The molecule has 1 aliphatic rings. The van der Waals surface area contributed by atoms with Gasteiger partial charge in [0.25, 0.3) is 0 Å². The Labute approximate surface area is 244 Å². The third kappa shape index (κ3) is 8.11. The maximum Gasteiger partial charge on any atom is 0.185 e. The lowest BCUT2D eigenvalue weighted by Gasteiger charge is -2.44. The van der Waals surface area contributed by atoms with Gasteiger partial charge in [-0.1, -0.05) is 127 Å². The van der Waals surface area contributed by atoms with Crippen molar-refractivity contribution in [2.45, 2.75) is 51.2 Å². The lowest BCUT2D eigenvalue weighted by molar-refractivity contribution is -0.0837. The van der Waals surface area contributed by atoms with Gasteiger partial charge in [0.1, 0.15) is 0 Å². The first-order valence-electron chi connectivity index (χ1n) is 14.5. The molecule has 3 atom stereocenters. The van der Waals surface area contributed by atoms with Crippen LogP contribution in [-0.2, 0) is 22.7 Å². The quantitative estimate of drug-likeness (QED) is 0.134. The van der Waals surface area contributed by atoms with Gasteiger partial charge < -0.3 is 9.47 Å². The fourth-order valence-electron chi connectivity index (χ4n) is 5.59. The zero-order valence-electron chi connectivity index (χ0n) is 23.8. The second-order valence-electron chi connectivity index (χ2n) is 10.7. The predicted molar refractivity (Wildman–Crippen MR) is 165 cm³/mol. The van der Waals surface area contributed by atoms with Crippen LogP contribution in [0.1, 0.15) is 52.9 Å². The topological polar surface area (TPSA) is 38.8 Å². The standard InChI is InChI=1S/C37H39NO3/c1-29(33-18-10-4-11-19-33)38-23-22-32(25-36(39)34-20-12-5-13-21-34)24-35(38)37(41-27-31-16-8-3-9-17-31)28-40-26-30-14-6-2-7-15-30/h2-21,25,29,35,37H,22-24,26-28H2,1H3/b32-25+/t29-,35+,37+/m0/s1. The third-order valence-corrected chi connectivity index (χ3v) is 7.89. The van der Waals surface area contributed by atoms with Crippen LogP contribution in [0.25, 0.3) is 0 Å². The second kappa shape index (κ2) is 14.7. The van der Waals surface area contributed by atoms with Crippen molar-refractivity contribution in [1.82, 2.24) is 4.90 Å². The fourth-order valence-corrected chi connectivity index (χ4v) is 5.59. The normalized spacial score (nSPS) is 18.2. The third-order valence-electron chi connectivity index (χ3n) is 7.89. The summed E-state index contributed by atoms with van der Waals surface area (Å²) in [6.45, 7) is 4.61. The number of hydrogen-bond donors (Lipinski definition) is 0. The molecule has 5 rings (SSSR count). The molecule has 4 aromatic rings. The number of carbonyl (C=O) groups is 1. The molecule has 0 saturated carbocycles. The van der Waals surface area contributed by atoms with E-state index in [1.807, 2.05) is 72.8 Å². The molecule has 1 fully saturated rings. The van der Waals surface area contributed by atoms with Crippen LogP contribution in [-0.4, -0.2) is 36.0 Å². The van der Waals surface area contributed by atoms with Gasteiger partial charge in [0.2, 0.25) is 0 Å². The van der Waals surface area contributed by atoms with Crippen LogP contribution in [0.2, 0.25) is 0 Å². The Balaban J connectivity index is 1.40. The van der Waals surface area contributed by atoms with Crippen molar-refractivity contribution < 1.29 is 14.3 Å². The average molecular weight is 546 g/mol. The molecule has 0 amide bonds. The van der Waals surface area contributed by atoms with Crippen molar-refractivity contribution in [2.24, 2.45) is 0 Å². The molecule has 41 heavy (non-hydrogen) atoms. The first kappa shape index (κ1) is 28.7. The number of rotatable bonds is 12. The van der Waals surface area contributed by atoms with Gasteiger partial charge in [-0.05, 0) is 42.5 Å². The lowest BCUT2D eigenvalue weighted by atomic mass is 9.89. The Kier molecular flexibility index (Phi) is 10.3. The molecule has 0 bridgehead atoms. The smallest absolute Gasteiger partial charge is 0.185 e. The molecule has 4 nitrogen and oxygen atoms in total. The van der Waals surface area contributed by atoms with Crippen LogP contribution >= 0.6 is 0 Å². The largest absolute Gasteiger partial charge is 0.374 e. The molecule has 0 radical (unpaired) electrons. The molecule has 1 heterocycles. The van der Waals surface area contributed by atoms with E-state index < -0.39 is 0 Å². The predicted octanol–water partition coefficient (Wildman–Crippen LogP) is 7.82. The van der Waals surface area contributed by atoms with E-state index in [1.165, 1.54) is 5.56 Å². The minimum atomic E-state index is -0.180. The van der Waals surface area contributed by atoms with Crippen LogP contribution in [0.3, 0.4) is 0 Å². The monoisotopic (exact) mass is 545 g/mol. The van der Waals surface area contributed by atoms with E-state index in [1.54, 1.807) is 0 Å². The average Bonchev–Trinajstić information content (AvgIpc) is 3.04. The highest BCUT2D eigenvalue weighted by molar-refractivity contribution is 6.04. The maximum absolute atomic E-state index is 13.1. The zero-order valence-corrected chi connectivity index (χ0v) is 23.8. The highest BCUT2D eigenvalue weighted by Gasteiger charge is 2.36. The summed E-state index contributed by atoms with van der Waals surface area (Å²) in [5.74, 6) is 0.0611. The molecule has 0 aliphatic carbocycles. The number of benzene rings is 4. The van der Waals surface area contributed by atoms with Gasteiger partial charge in [0, 0.05) is 24.2 Å². The summed E-state index contributed by atoms with van der Waals surface area (Å²) >= 11 is 0. The van der Waals surface area contributed by atoms with Gasteiger partial charge >= 0.3 is 0 Å². The van der Waals surface area contributed by atoms with Crippen LogP contribution < -0.4 is 0 Å². The number of likely N-dealkylation sites (tertiary alicyclic amines) is 1. The van der Waals surface area contributed by atoms with Crippen molar-refractivity contribution >= 4 is 5.78 Å². The highest BCUT2D eigenvalue weighted by atomic mass is 16.5. The molecule has 0 aromatic heterocycles. The number of ketones is 1. The zero-order chi connectivity index (χ0) is 28.3. The van der Waals surface area contributed by atoms with E-state index in [0.29, 0.717) is 19.8 Å². The Morgan fingerprint density at radius 2 is 1.37 bits per heavy atom. The van der Waals surface area contributed by atoms with E-state index in [-0.39, 0.29) is 24.0 Å². The highest BCUT2D eigenvalue weighted by Crippen LogP contribution is 2.34. The molecule has 0 N–H and O–H groups in total. The summed E-state index contributed by atoms with van der Waals surface area (Å²) in [6, 6.07) is 41.0. The first-order chi connectivity index (χ1) is 20.2. The number of allylic oxidation sites excluding steroid dienone is 1. The van der Waals surface area contributed by atoms with E-state index in [9.17, 15) is 4.79 Å². The van der Waals surface area contributed by atoms with Gasteiger partial charge in [0.05, 0.1) is 25.9 Å². The van der Waals surface area contributed by atoms with Crippen molar-refractivity contribution in [3.05, 3.63) is 155 Å². The molecule has 210 valence electrons. The molecule has 4 aromatic carbocycles. The van der Waals surface area contributed by atoms with Crippen LogP contribution in [0, 0.1) is 0 Å². The van der Waals surface area contributed by atoms with Gasteiger partial charge in [-0.15, -0.1) is 0 Å². The van der Waals surface area contributed by atoms with E-state index in [4.69, 9.17) is 9.47 Å². The Morgan fingerprint density at radius 3 is 2.00 bits per heavy atom. The van der Waals surface area contributed by atoms with Gasteiger partial charge in [0.15, 0.2) is 5.78 Å². The minimum Gasteiger partial charge on any atom is -0.374 e. The Bertz CT molecular complexity index is 1370. The van der Waals surface area contributed by atoms with Crippen molar-refractivity contribution in [1.29, 1.82) is 0 Å². The molecule has 4 heteroatoms. The van der Waals surface area contributed by atoms with Crippen LogP contribution in [0.15, 0.2) is 133 Å². The van der Waals surface area contributed by atoms with Crippen molar-refractivity contribution in [3.63, 3.8) is 0 Å². The summed E-state index contributed by atoms with van der Waals surface area (Å²) < 4.78 is 13.0. The Morgan fingerprint density at radius 1 is 0.805 bits per heavy atom. The number of hydrogen-bond acceptors (Lipinski definition) is 4. The molecular formula is C37H39NO3. The number of ether oxygens (including phenoxy) is 2. The number of piperidine rings is 1. The summed E-state index contributed by atoms with van der Waals surface area (Å²) in [7, 11) is 0. The molecule has 0 spiro atoms. The van der Waals surface area contributed by atoms with E-state index in [0.717, 1.165) is 41.6 Å². The van der Waals surface area contributed by atoms with Crippen LogP contribution in [0.5, 0.6) is 0 Å². The van der Waals surface area contributed by atoms with Crippen LogP contribution in [0.4, 0.5) is 0 Å². The van der Waals surface area contributed by atoms with E-state index >= 15 is 0 Å². The maximum atomic E-state index is 13.1. The fraction of sp³-hybridized carbons (Fsp3) is 0.270. The summed E-state index contributed by atoms with van der Waals surface area (Å²) in [4.78, 5) is 15.7. The number of carbonyl (C=O) groups excluding carboxylic acids is 1. The minimum absolute atomic E-state index is 0.0493. The number of nitrogens with zero attached hydrogens (tertiary/aromatic N) is 1. The van der Waals surface area contributed by atoms with Crippen molar-refractivity contribution in [2.75, 3.05) is 13.2 Å². The van der Waals surface area contributed by atoms with E-state index in [2.05, 4.69) is 66.4 Å². The summed E-state index contributed by atoms with van der Waals surface area (Å²) in [6.07, 6.45) is 3.28. The molecular weight excluding hydrogens is 506 g/mol. The van der Waals surface area contributed by atoms with Gasteiger partial charge in [-0.3, -0.25) is 9.69 Å². The second-order valence-corrected chi connectivity index (χ2v) is 10.7. The summed E-state index contributed by atoms with van der Waals surface area (Å²) in [5, 5.41) is 0. The summed E-state index contributed by atoms with van der Waals surface area (Å²) in [5.41, 5.74) is 5.43.